The molecule has 0 saturated carbocycles. The number of benzene rings is 1. The van der Waals surface area contributed by atoms with E-state index >= 15 is 0 Å². The van der Waals surface area contributed by atoms with E-state index in [-0.39, 0.29) is 17.0 Å². The van der Waals surface area contributed by atoms with E-state index in [9.17, 15) is 14.9 Å². The van der Waals surface area contributed by atoms with Crippen molar-refractivity contribution in [1.82, 2.24) is 9.38 Å². The van der Waals surface area contributed by atoms with Crippen molar-refractivity contribution in [3.8, 4) is 17.7 Å². The highest BCUT2D eigenvalue weighted by Gasteiger charge is 2.17. The number of fused-ring (bicyclic) bond motifs is 1. The Morgan fingerprint density at radius 2 is 1.96 bits per heavy atom. The first-order valence-electron chi connectivity index (χ1n) is 7.99. The summed E-state index contributed by atoms with van der Waals surface area (Å²) in [6, 6.07) is 14.0. The van der Waals surface area contributed by atoms with Crippen molar-refractivity contribution in [2.45, 2.75) is 6.92 Å². The minimum atomic E-state index is -0.851. The molecule has 0 amide bonds. The highest BCUT2D eigenvalue weighted by Crippen LogP contribution is 2.24. The number of hydrogen-bond donors (Lipinski definition) is 0. The smallest absolute Gasteiger partial charge is 0.348 e. The van der Waals surface area contributed by atoms with Crippen LogP contribution in [0.1, 0.15) is 11.1 Å². The van der Waals surface area contributed by atoms with Gasteiger partial charge >= 0.3 is 5.97 Å². The molecular formula is C20H15N3O4. The first kappa shape index (κ1) is 17.9. The molecule has 2 heterocycles. The Hall–Kier alpha value is -3.92. The Morgan fingerprint density at radius 3 is 2.63 bits per heavy atom. The van der Waals surface area contributed by atoms with E-state index in [1.807, 2.05) is 19.1 Å². The van der Waals surface area contributed by atoms with Gasteiger partial charge in [0.25, 0.3) is 5.56 Å². The molecule has 7 nitrogen and oxygen atoms in total. The van der Waals surface area contributed by atoms with Gasteiger partial charge in [-0.25, -0.2) is 4.79 Å². The fourth-order valence-corrected chi connectivity index (χ4v) is 2.39. The van der Waals surface area contributed by atoms with E-state index < -0.39 is 11.5 Å². The molecule has 0 unspecified atom stereocenters. The van der Waals surface area contributed by atoms with Gasteiger partial charge in [-0.05, 0) is 37.3 Å². The molecule has 134 valence electrons. The predicted octanol–water partition coefficient (Wildman–Crippen LogP) is 2.88. The highest BCUT2D eigenvalue weighted by atomic mass is 16.5. The molecule has 0 saturated heterocycles. The lowest BCUT2D eigenvalue weighted by atomic mass is 10.2. The second-order valence-corrected chi connectivity index (χ2v) is 5.64. The van der Waals surface area contributed by atoms with Crippen LogP contribution in [0.2, 0.25) is 0 Å². The van der Waals surface area contributed by atoms with Gasteiger partial charge in [0.15, 0.2) is 0 Å². The maximum absolute atomic E-state index is 12.9. The van der Waals surface area contributed by atoms with Gasteiger partial charge in [-0.3, -0.25) is 9.20 Å². The molecule has 0 aliphatic rings. The molecule has 0 aliphatic heterocycles. The van der Waals surface area contributed by atoms with Gasteiger partial charge in [-0.1, -0.05) is 23.8 Å². The van der Waals surface area contributed by atoms with E-state index in [4.69, 9.17) is 4.74 Å². The number of carbonyl (C=O) groups is 1. The minimum Gasteiger partial charge on any atom is -0.465 e. The predicted molar refractivity (Wildman–Crippen MR) is 98.3 cm³/mol. The number of nitriles is 1. The molecule has 27 heavy (non-hydrogen) atoms. The van der Waals surface area contributed by atoms with Crippen LogP contribution in [0.25, 0.3) is 11.7 Å². The maximum Gasteiger partial charge on any atom is 0.348 e. The Labute approximate surface area is 154 Å². The zero-order valence-corrected chi connectivity index (χ0v) is 14.7. The van der Waals surface area contributed by atoms with E-state index in [0.717, 1.165) is 18.7 Å². The summed E-state index contributed by atoms with van der Waals surface area (Å²) in [5, 5.41) is 9.22. The number of methoxy groups -OCH3 is 1. The summed E-state index contributed by atoms with van der Waals surface area (Å²) in [6.07, 6.45) is 2.67. The summed E-state index contributed by atoms with van der Waals surface area (Å²) in [5.74, 6) is -0.387. The van der Waals surface area contributed by atoms with E-state index in [0.29, 0.717) is 11.4 Å². The lowest BCUT2D eigenvalue weighted by Gasteiger charge is -2.10. The third-order valence-corrected chi connectivity index (χ3v) is 3.78. The van der Waals surface area contributed by atoms with Crippen LogP contribution in [-0.2, 0) is 9.53 Å². The lowest BCUT2D eigenvalue weighted by molar-refractivity contribution is -0.135. The van der Waals surface area contributed by atoms with Gasteiger partial charge in [0.2, 0.25) is 5.88 Å². The molecule has 0 radical (unpaired) electrons. The molecule has 0 bridgehead atoms. The van der Waals surface area contributed by atoms with Crippen molar-refractivity contribution < 1.29 is 14.3 Å². The van der Waals surface area contributed by atoms with Crippen molar-refractivity contribution in [2.24, 2.45) is 0 Å². The third kappa shape index (κ3) is 3.70. The van der Waals surface area contributed by atoms with Crippen LogP contribution in [-0.4, -0.2) is 22.5 Å². The second-order valence-electron chi connectivity index (χ2n) is 5.64. The summed E-state index contributed by atoms with van der Waals surface area (Å²) < 4.78 is 11.7. The van der Waals surface area contributed by atoms with Gasteiger partial charge in [-0.15, -0.1) is 0 Å². The van der Waals surface area contributed by atoms with Crippen molar-refractivity contribution in [2.75, 3.05) is 7.11 Å². The average Bonchev–Trinajstić information content (AvgIpc) is 2.69. The van der Waals surface area contributed by atoms with Gasteiger partial charge < -0.3 is 9.47 Å². The Kier molecular flexibility index (Phi) is 4.99. The Bertz CT molecular complexity index is 1140. The number of carbonyl (C=O) groups excluding carboxylic acids is 1. The van der Waals surface area contributed by atoms with Crippen LogP contribution in [0.4, 0.5) is 0 Å². The highest BCUT2D eigenvalue weighted by molar-refractivity contribution is 5.98. The van der Waals surface area contributed by atoms with Crippen molar-refractivity contribution in [3.63, 3.8) is 0 Å². The first-order chi connectivity index (χ1) is 13.0. The van der Waals surface area contributed by atoms with E-state index in [2.05, 4.69) is 9.72 Å². The number of ether oxygens (including phenoxy) is 2. The molecular weight excluding hydrogens is 346 g/mol. The van der Waals surface area contributed by atoms with Crippen molar-refractivity contribution in [1.29, 1.82) is 5.26 Å². The zero-order valence-electron chi connectivity index (χ0n) is 14.7. The monoisotopic (exact) mass is 361 g/mol. The van der Waals surface area contributed by atoms with E-state index in [1.54, 1.807) is 42.6 Å². The molecule has 2 aromatic heterocycles. The fraction of sp³-hybridized carbons (Fsp3) is 0.100. The molecule has 0 N–H and O–H groups in total. The minimum absolute atomic E-state index is 0.00768. The van der Waals surface area contributed by atoms with Crippen LogP contribution in [0.5, 0.6) is 11.6 Å². The lowest BCUT2D eigenvalue weighted by Crippen LogP contribution is -2.19. The number of nitrogens with zero attached hydrogens (tertiary/aromatic N) is 3. The second kappa shape index (κ2) is 7.54. The Morgan fingerprint density at radius 1 is 1.22 bits per heavy atom. The SMILES string of the molecule is COC(=O)C(C#N)=Cc1c(Oc2ccc(C)cc2)nc2ccccn2c1=O. The summed E-state index contributed by atoms with van der Waals surface area (Å²) in [5.41, 5.74) is 0.589. The molecule has 0 aliphatic carbocycles. The summed E-state index contributed by atoms with van der Waals surface area (Å²) >= 11 is 0. The van der Waals surface area contributed by atoms with Crippen LogP contribution in [0, 0.1) is 18.3 Å². The number of aromatic nitrogens is 2. The van der Waals surface area contributed by atoms with Crippen LogP contribution >= 0.6 is 0 Å². The van der Waals surface area contributed by atoms with Crippen molar-refractivity contribution >= 4 is 17.7 Å². The molecule has 1 aromatic carbocycles. The summed E-state index contributed by atoms with van der Waals surface area (Å²) in [7, 11) is 1.16. The molecule has 0 atom stereocenters. The summed E-state index contributed by atoms with van der Waals surface area (Å²) in [6.45, 7) is 1.94. The molecule has 0 fully saturated rings. The Balaban J connectivity index is 2.22. The van der Waals surface area contributed by atoms with Crippen LogP contribution < -0.4 is 10.3 Å². The molecule has 0 spiro atoms. The number of aryl methyl sites for hydroxylation is 1. The molecule has 3 aromatic rings. The first-order valence-corrected chi connectivity index (χ1v) is 7.99. The molecule has 7 heteroatoms. The van der Waals surface area contributed by atoms with Crippen molar-refractivity contribution in [3.05, 3.63) is 75.7 Å². The van der Waals surface area contributed by atoms with E-state index in [1.165, 1.54) is 4.40 Å². The number of hydrogen-bond acceptors (Lipinski definition) is 6. The standard InChI is InChI=1S/C20H15N3O4/c1-13-6-8-15(9-7-13)27-18-16(11-14(12-21)20(25)26-2)19(24)23-10-4-3-5-17(23)22-18/h3-11H,1-2H3. The maximum atomic E-state index is 12.9. The van der Waals surface area contributed by atoms with Crippen LogP contribution in [0.15, 0.2) is 59.0 Å². The largest absolute Gasteiger partial charge is 0.465 e. The van der Waals surface area contributed by atoms with Gasteiger partial charge in [0, 0.05) is 6.20 Å². The molecule has 3 rings (SSSR count). The summed E-state index contributed by atoms with van der Waals surface area (Å²) in [4.78, 5) is 29.0. The number of pyridine rings is 1. The average molecular weight is 361 g/mol. The van der Waals surface area contributed by atoms with Gasteiger partial charge in [0.1, 0.15) is 28.6 Å². The normalized spacial score (nSPS) is 11.1. The number of rotatable bonds is 4. The topological polar surface area (TPSA) is 93.7 Å². The third-order valence-electron chi connectivity index (χ3n) is 3.78. The fourth-order valence-electron chi connectivity index (χ4n) is 2.39. The number of esters is 1. The van der Waals surface area contributed by atoms with Gasteiger partial charge in [0.05, 0.1) is 7.11 Å². The van der Waals surface area contributed by atoms with Gasteiger partial charge in [-0.2, -0.15) is 10.2 Å². The van der Waals surface area contributed by atoms with Crippen LogP contribution in [0.3, 0.4) is 0 Å². The zero-order chi connectivity index (χ0) is 19.4. The quantitative estimate of drug-likeness (QED) is 0.403.